The molecule has 5 atom stereocenters. The van der Waals surface area contributed by atoms with Crippen LogP contribution in [0.1, 0.15) is 58.8 Å². The molecule has 4 fully saturated rings. The largest absolute Gasteiger partial charge is 0.481 e. The fourth-order valence-corrected chi connectivity index (χ4v) is 5.33. The lowest BCUT2D eigenvalue weighted by Gasteiger charge is -2.63. The van der Waals surface area contributed by atoms with Crippen LogP contribution in [0.2, 0.25) is 0 Å². The SMILES string of the molecule is CCC(C)C(=O)OC12CC3CC(OC=O)(C1)CC(C(=O)O)(C3)C2. The van der Waals surface area contributed by atoms with Gasteiger partial charge in [0.05, 0.1) is 11.3 Å². The molecule has 0 aromatic heterocycles. The molecule has 0 aliphatic heterocycles. The third-order valence-corrected chi connectivity index (χ3v) is 6.05. The molecule has 23 heavy (non-hydrogen) atoms. The molecule has 0 aromatic carbocycles. The van der Waals surface area contributed by atoms with Gasteiger partial charge in [0.25, 0.3) is 6.47 Å². The number of carbonyl (C=O) groups is 3. The third kappa shape index (κ3) is 2.52. The van der Waals surface area contributed by atoms with Gasteiger partial charge < -0.3 is 14.6 Å². The van der Waals surface area contributed by atoms with Gasteiger partial charge in [0.15, 0.2) is 0 Å². The summed E-state index contributed by atoms with van der Waals surface area (Å²) in [6.45, 7) is 4.14. The lowest BCUT2D eigenvalue weighted by atomic mass is 9.46. The standard InChI is InChI=1S/C17H24O6/c1-3-11(2)13(19)23-17-6-12-4-15(8-17,14(20)21)7-16(5-12,9-17)22-10-18/h10-12H,3-9H2,1-2H3,(H,20,21). The molecule has 0 spiro atoms. The van der Waals surface area contributed by atoms with E-state index in [1.165, 1.54) is 0 Å². The van der Waals surface area contributed by atoms with Crippen LogP contribution < -0.4 is 0 Å². The quantitative estimate of drug-likeness (QED) is 0.595. The maximum atomic E-state index is 12.3. The van der Waals surface area contributed by atoms with Crippen molar-refractivity contribution in [2.45, 2.75) is 70.0 Å². The maximum absolute atomic E-state index is 12.3. The van der Waals surface area contributed by atoms with Gasteiger partial charge in [0, 0.05) is 19.3 Å². The first-order valence-electron chi connectivity index (χ1n) is 8.35. The monoisotopic (exact) mass is 324 g/mol. The summed E-state index contributed by atoms with van der Waals surface area (Å²) < 4.78 is 11.2. The molecule has 0 amide bonds. The van der Waals surface area contributed by atoms with Gasteiger partial charge >= 0.3 is 11.9 Å². The van der Waals surface area contributed by atoms with Crippen molar-refractivity contribution in [3.63, 3.8) is 0 Å². The number of carboxylic acid groups (broad SMARTS) is 1. The summed E-state index contributed by atoms with van der Waals surface area (Å²) in [6.07, 6.45) is 3.68. The zero-order chi connectivity index (χ0) is 16.9. The second-order valence-corrected chi connectivity index (χ2v) is 7.90. The van der Waals surface area contributed by atoms with E-state index in [2.05, 4.69) is 0 Å². The van der Waals surface area contributed by atoms with Gasteiger partial charge in [-0.05, 0) is 31.6 Å². The highest BCUT2D eigenvalue weighted by atomic mass is 16.6. The molecule has 4 aliphatic carbocycles. The molecule has 0 heterocycles. The van der Waals surface area contributed by atoms with E-state index in [0.29, 0.717) is 51.4 Å². The fraction of sp³-hybridized carbons (Fsp3) is 0.824. The molecule has 0 radical (unpaired) electrons. The predicted octanol–water partition coefficient (Wildman–Crippen LogP) is 2.29. The number of aliphatic carboxylic acids is 1. The first-order valence-corrected chi connectivity index (χ1v) is 8.35. The van der Waals surface area contributed by atoms with Crippen LogP contribution in [0, 0.1) is 17.3 Å². The second-order valence-electron chi connectivity index (χ2n) is 7.90. The Morgan fingerprint density at radius 2 is 1.87 bits per heavy atom. The second kappa shape index (κ2) is 5.21. The number of esters is 1. The van der Waals surface area contributed by atoms with Crippen LogP contribution in [0.4, 0.5) is 0 Å². The predicted molar refractivity (Wildman–Crippen MR) is 79.4 cm³/mol. The lowest BCUT2D eigenvalue weighted by Crippen LogP contribution is -2.66. The Hall–Kier alpha value is -1.59. The van der Waals surface area contributed by atoms with Crippen molar-refractivity contribution in [1.29, 1.82) is 0 Å². The van der Waals surface area contributed by atoms with Gasteiger partial charge in [-0.15, -0.1) is 0 Å². The van der Waals surface area contributed by atoms with Crippen molar-refractivity contribution in [1.82, 2.24) is 0 Å². The van der Waals surface area contributed by atoms with E-state index < -0.39 is 22.6 Å². The molecule has 6 nitrogen and oxygen atoms in total. The van der Waals surface area contributed by atoms with Gasteiger partial charge in [0.2, 0.25) is 0 Å². The summed E-state index contributed by atoms with van der Waals surface area (Å²) in [6, 6.07) is 0. The summed E-state index contributed by atoms with van der Waals surface area (Å²) in [7, 11) is 0. The molecule has 5 unspecified atom stereocenters. The highest BCUT2D eigenvalue weighted by Gasteiger charge is 2.68. The van der Waals surface area contributed by atoms with Crippen molar-refractivity contribution in [3.8, 4) is 0 Å². The fourth-order valence-electron chi connectivity index (χ4n) is 5.33. The van der Waals surface area contributed by atoms with Gasteiger partial charge in [-0.1, -0.05) is 13.8 Å². The van der Waals surface area contributed by atoms with Gasteiger partial charge in [-0.2, -0.15) is 0 Å². The molecule has 4 rings (SSSR count). The zero-order valence-electron chi connectivity index (χ0n) is 13.7. The highest BCUT2D eigenvalue weighted by molar-refractivity contribution is 5.77. The minimum atomic E-state index is -0.946. The van der Waals surface area contributed by atoms with Crippen molar-refractivity contribution < 1.29 is 29.0 Å². The summed E-state index contributed by atoms with van der Waals surface area (Å²) in [5, 5.41) is 9.78. The lowest BCUT2D eigenvalue weighted by molar-refractivity contribution is -0.250. The van der Waals surface area contributed by atoms with Gasteiger partial charge in [0.1, 0.15) is 11.2 Å². The smallest absolute Gasteiger partial charge is 0.309 e. The van der Waals surface area contributed by atoms with Crippen LogP contribution in [0.25, 0.3) is 0 Å². The molecule has 6 heteroatoms. The minimum absolute atomic E-state index is 0.118. The summed E-state index contributed by atoms with van der Waals surface area (Å²) >= 11 is 0. The first-order chi connectivity index (χ1) is 10.8. The summed E-state index contributed by atoms with van der Waals surface area (Å²) in [5.41, 5.74) is -2.55. The van der Waals surface area contributed by atoms with E-state index in [4.69, 9.17) is 9.47 Å². The van der Waals surface area contributed by atoms with Gasteiger partial charge in [-0.3, -0.25) is 14.4 Å². The Kier molecular flexibility index (Phi) is 3.69. The Morgan fingerprint density at radius 1 is 1.22 bits per heavy atom. The normalized spacial score (nSPS) is 42.1. The van der Waals surface area contributed by atoms with E-state index >= 15 is 0 Å². The number of carbonyl (C=O) groups excluding carboxylic acids is 2. The first kappa shape index (κ1) is 16.3. The van der Waals surface area contributed by atoms with Crippen LogP contribution in [-0.2, 0) is 23.9 Å². The average Bonchev–Trinajstić information content (AvgIpc) is 2.44. The van der Waals surface area contributed by atoms with E-state index in [9.17, 15) is 19.5 Å². The topological polar surface area (TPSA) is 89.9 Å². The van der Waals surface area contributed by atoms with Crippen molar-refractivity contribution in [2.24, 2.45) is 17.3 Å². The summed E-state index contributed by atoms with van der Waals surface area (Å²) in [5.74, 6) is -1.25. The molecule has 4 saturated carbocycles. The zero-order valence-corrected chi connectivity index (χ0v) is 13.7. The van der Waals surface area contributed by atoms with Crippen LogP contribution in [-0.4, -0.2) is 34.7 Å². The van der Waals surface area contributed by atoms with Crippen LogP contribution in [0.5, 0.6) is 0 Å². The number of rotatable bonds is 6. The number of ether oxygens (including phenoxy) is 2. The summed E-state index contributed by atoms with van der Waals surface area (Å²) in [4.78, 5) is 35.2. The van der Waals surface area contributed by atoms with Crippen LogP contribution in [0.15, 0.2) is 0 Å². The minimum Gasteiger partial charge on any atom is -0.481 e. The van der Waals surface area contributed by atoms with Crippen LogP contribution >= 0.6 is 0 Å². The molecule has 4 aliphatic rings. The molecule has 4 bridgehead atoms. The van der Waals surface area contributed by atoms with Crippen molar-refractivity contribution in [3.05, 3.63) is 0 Å². The molecule has 0 saturated heterocycles. The Morgan fingerprint density at radius 3 is 2.48 bits per heavy atom. The van der Waals surface area contributed by atoms with E-state index in [1.807, 2.05) is 13.8 Å². The highest BCUT2D eigenvalue weighted by Crippen LogP contribution is 2.65. The van der Waals surface area contributed by atoms with E-state index in [-0.39, 0.29) is 17.8 Å². The molecular formula is C17H24O6. The number of carboxylic acids is 1. The van der Waals surface area contributed by atoms with Crippen molar-refractivity contribution >= 4 is 18.4 Å². The molecule has 1 N–H and O–H groups in total. The maximum Gasteiger partial charge on any atom is 0.309 e. The molecule has 128 valence electrons. The third-order valence-electron chi connectivity index (χ3n) is 6.05. The number of hydrogen-bond acceptors (Lipinski definition) is 5. The molecule has 0 aromatic rings. The Bertz CT molecular complexity index is 545. The van der Waals surface area contributed by atoms with Crippen molar-refractivity contribution in [2.75, 3.05) is 0 Å². The van der Waals surface area contributed by atoms with E-state index in [1.54, 1.807) is 0 Å². The Labute approximate surface area is 135 Å². The average molecular weight is 324 g/mol. The number of hydrogen-bond donors (Lipinski definition) is 1. The van der Waals surface area contributed by atoms with Gasteiger partial charge in [-0.25, -0.2) is 0 Å². The van der Waals surface area contributed by atoms with Crippen LogP contribution in [0.3, 0.4) is 0 Å². The van der Waals surface area contributed by atoms with E-state index in [0.717, 1.165) is 0 Å². The molecular weight excluding hydrogens is 300 g/mol. The Balaban J connectivity index is 1.93.